The van der Waals surface area contributed by atoms with E-state index >= 15 is 0 Å². The van der Waals surface area contributed by atoms with Gasteiger partial charge in [-0.1, -0.05) is 18.2 Å². The summed E-state index contributed by atoms with van der Waals surface area (Å²) in [5.41, 5.74) is 3.13. The number of benzene rings is 2. The number of piperazine rings is 1. The summed E-state index contributed by atoms with van der Waals surface area (Å²) in [5.74, 6) is -0.388. The largest absolute Gasteiger partial charge is 0.340 e. The molecule has 0 aromatic heterocycles. The van der Waals surface area contributed by atoms with E-state index in [2.05, 4.69) is 0 Å². The van der Waals surface area contributed by atoms with Crippen LogP contribution in [0.1, 0.15) is 30.0 Å². The van der Waals surface area contributed by atoms with Crippen LogP contribution in [0.3, 0.4) is 0 Å². The number of rotatable bonds is 6. The number of hydrogen-bond donors (Lipinski definition) is 0. The molecule has 0 spiro atoms. The molecule has 8 heteroatoms. The smallest absolute Gasteiger partial charge is 0.243 e. The Bertz CT molecular complexity index is 1100. The van der Waals surface area contributed by atoms with Crippen LogP contribution in [0.5, 0.6) is 0 Å². The van der Waals surface area contributed by atoms with Crippen LogP contribution in [0.4, 0.5) is 4.39 Å². The molecule has 4 rings (SSSR count). The van der Waals surface area contributed by atoms with Crippen LogP contribution >= 0.6 is 0 Å². The Morgan fingerprint density at radius 1 is 1.06 bits per heavy atom. The third-order valence-corrected chi connectivity index (χ3v) is 8.47. The number of aryl methyl sites for hydroxylation is 2. The normalized spacial score (nSPS) is 18.3. The van der Waals surface area contributed by atoms with E-state index in [0.717, 1.165) is 30.4 Å². The van der Waals surface area contributed by atoms with Crippen molar-refractivity contribution in [1.29, 1.82) is 0 Å². The summed E-state index contributed by atoms with van der Waals surface area (Å²) in [6.07, 6.45) is 3.04. The van der Waals surface area contributed by atoms with Crippen molar-refractivity contribution in [2.75, 3.05) is 33.2 Å². The number of hydrogen-bond acceptors (Lipinski definition) is 4. The van der Waals surface area contributed by atoms with Crippen LogP contribution in [0.2, 0.25) is 0 Å². The van der Waals surface area contributed by atoms with Gasteiger partial charge < -0.3 is 4.90 Å². The molecule has 32 heavy (non-hydrogen) atoms. The third kappa shape index (κ3) is 4.72. The number of sulfonamides is 1. The molecule has 172 valence electrons. The summed E-state index contributed by atoms with van der Waals surface area (Å²) < 4.78 is 41.2. The van der Waals surface area contributed by atoms with Crippen molar-refractivity contribution >= 4 is 15.9 Å². The average Bonchev–Trinajstić information content (AvgIpc) is 3.26. The molecule has 1 aliphatic carbocycles. The second-order valence-corrected chi connectivity index (χ2v) is 10.7. The van der Waals surface area contributed by atoms with Crippen LogP contribution in [0, 0.1) is 5.82 Å². The Balaban J connectivity index is 1.35. The fourth-order valence-corrected chi connectivity index (χ4v) is 6.12. The first-order valence-electron chi connectivity index (χ1n) is 11.1. The van der Waals surface area contributed by atoms with E-state index < -0.39 is 10.0 Å². The highest BCUT2D eigenvalue weighted by atomic mass is 32.2. The van der Waals surface area contributed by atoms with Crippen molar-refractivity contribution in [2.24, 2.45) is 0 Å². The van der Waals surface area contributed by atoms with Gasteiger partial charge in [0.05, 0.1) is 10.9 Å². The van der Waals surface area contributed by atoms with Gasteiger partial charge in [0.1, 0.15) is 5.82 Å². The van der Waals surface area contributed by atoms with Gasteiger partial charge in [-0.05, 0) is 67.1 Å². The highest BCUT2D eigenvalue weighted by molar-refractivity contribution is 7.89. The fourth-order valence-electron chi connectivity index (χ4n) is 4.65. The molecule has 1 unspecified atom stereocenters. The summed E-state index contributed by atoms with van der Waals surface area (Å²) in [5, 5.41) is 0. The minimum Gasteiger partial charge on any atom is -0.340 e. The highest BCUT2D eigenvalue weighted by Crippen LogP contribution is 2.27. The lowest BCUT2D eigenvalue weighted by Crippen LogP contribution is -2.54. The van der Waals surface area contributed by atoms with E-state index in [4.69, 9.17) is 0 Å². The number of halogens is 1. The molecule has 6 nitrogen and oxygen atoms in total. The fraction of sp³-hybridized carbons (Fsp3) is 0.458. The van der Waals surface area contributed by atoms with Crippen LogP contribution in [-0.2, 0) is 34.2 Å². The Kier molecular flexibility index (Phi) is 6.65. The molecular weight excluding hydrogens is 429 g/mol. The maximum absolute atomic E-state index is 13.4. The van der Waals surface area contributed by atoms with Crippen molar-refractivity contribution in [3.63, 3.8) is 0 Å². The maximum atomic E-state index is 13.4. The van der Waals surface area contributed by atoms with Crippen LogP contribution in [-0.4, -0.2) is 67.7 Å². The summed E-state index contributed by atoms with van der Waals surface area (Å²) in [6, 6.07) is 11.4. The highest BCUT2D eigenvalue weighted by Gasteiger charge is 2.33. The lowest BCUT2D eigenvalue weighted by molar-refractivity contribution is -0.136. The molecular formula is C24H30FN3O3S. The molecule has 0 N–H and O–H groups in total. The van der Waals surface area contributed by atoms with E-state index in [0.29, 0.717) is 37.6 Å². The monoisotopic (exact) mass is 459 g/mol. The number of fused-ring (bicyclic) bond motifs is 1. The Morgan fingerprint density at radius 3 is 2.50 bits per heavy atom. The lowest BCUT2D eigenvalue weighted by atomic mass is 10.1. The first kappa shape index (κ1) is 22.9. The van der Waals surface area contributed by atoms with Crippen molar-refractivity contribution < 1.29 is 17.6 Å². The number of carbonyl (C=O) groups excluding carboxylic acids is 1. The van der Waals surface area contributed by atoms with Gasteiger partial charge in [-0.2, -0.15) is 4.31 Å². The lowest BCUT2D eigenvalue weighted by Gasteiger charge is -2.38. The van der Waals surface area contributed by atoms with Gasteiger partial charge in [0.15, 0.2) is 0 Å². The van der Waals surface area contributed by atoms with Crippen molar-refractivity contribution in [2.45, 2.75) is 43.7 Å². The average molecular weight is 460 g/mol. The summed E-state index contributed by atoms with van der Waals surface area (Å²) in [6.45, 7) is 3.85. The van der Waals surface area contributed by atoms with Crippen molar-refractivity contribution in [1.82, 2.24) is 14.1 Å². The van der Waals surface area contributed by atoms with E-state index in [1.54, 1.807) is 30.1 Å². The maximum Gasteiger partial charge on any atom is 0.243 e. The molecule has 1 aliphatic heterocycles. The first-order valence-corrected chi connectivity index (χ1v) is 12.5. The predicted octanol–water partition coefficient (Wildman–Crippen LogP) is 2.67. The minimum absolute atomic E-state index is 0.0656. The predicted molar refractivity (Wildman–Crippen MR) is 121 cm³/mol. The molecule has 2 aliphatic rings. The van der Waals surface area contributed by atoms with Gasteiger partial charge in [-0.25, -0.2) is 12.8 Å². The Morgan fingerprint density at radius 2 is 1.78 bits per heavy atom. The van der Waals surface area contributed by atoms with Gasteiger partial charge in [0, 0.05) is 39.8 Å². The molecule has 1 saturated heterocycles. The molecule has 1 heterocycles. The van der Waals surface area contributed by atoms with E-state index in [9.17, 15) is 17.6 Å². The van der Waals surface area contributed by atoms with E-state index in [-0.39, 0.29) is 17.8 Å². The van der Waals surface area contributed by atoms with Gasteiger partial charge in [0.25, 0.3) is 0 Å². The second-order valence-electron chi connectivity index (χ2n) is 8.72. The Hall–Kier alpha value is -2.29. The van der Waals surface area contributed by atoms with Crippen molar-refractivity contribution in [3.8, 4) is 0 Å². The molecule has 0 saturated carbocycles. The summed E-state index contributed by atoms with van der Waals surface area (Å²) >= 11 is 0. The molecule has 2 aromatic rings. The third-order valence-electron chi connectivity index (χ3n) is 6.57. The molecule has 2 aromatic carbocycles. The molecule has 1 atom stereocenters. The second kappa shape index (κ2) is 9.29. The van der Waals surface area contributed by atoms with Crippen molar-refractivity contribution in [3.05, 3.63) is 65.0 Å². The molecule has 1 fully saturated rings. The van der Waals surface area contributed by atoms with Crippen LogP contribution in [0.15, 0.2) is 47.4 Å². The van der Waals surface area contributed by atoms with Gasteiger partial charge in [-0.3, -0.25) is 9.69 Å². The summed E-state index contributed by atoms with van der Waals surface area (Å²) in [7, 11) is -1.83. The van der Waals surface area contributed by atoms with E-state index in [1.807, 2.05) is 24.0 Å². The Labute approximate surface area is 189 Å². The van der Waals surface area contributed by atoms with Gasteiger partial charge >= 0.3 is 0 Å². The quantitative estimate of drug-likeness (QED) is 0.667. The van der Waals surface area contributed by atoms with Gasteiger partial charge in [-0.15, -0.1) is 0 Å². The zero-order chi connectivity index (χ0) is 22.9. The molecule has 1 amide bonds. The standard InChI is InChI=1S/C24H30FN3O3S/c1-18(24(29)26(2)17-19-5-3-8-22(25)15-19)27-11-13-28(14-12-27)32(30,31)23-10-9-20-6-4-7-21(20)16-23/h3,5,8-10,15-16,18H,4,6-7,11-14,17H2,1-2H3. The zero-order valence-corrected chi connectivity index (χ0v) is 19.4. The number of likely N-dealkylation sites (N-methyl/N-ethyl adjacent to an activating group) is 1. The topological polar surface area (TPSA) is 60.9 Å². The number of carbonyl (C=O) groups is 1. The molecule has 0 bridgehead atoms. The first-order chi connectivity index (χ1) is 15.3. The summed E-state index contributed by atoms with van der Waals surface area (Å²) in [4.78, 5) is 16.9. The van der Waals surface area contributed by atoms with Crippen LogP contribution < -0.4 is 0 Å². The molecule has 0 radical (unpaired) electrons. The van der Waals surface area contributed by atoms with E-state index in [1.165, 1.54) is 22.0 Å². The minimum atomic E-state index is -3.54. The van der Waals surface area contributed by atoms with Gasteiger partial charge in [0.2, 0.25) is 15.9 Å². The zero-order valence-electron chi connectivity index (χ0n) is 18.6. The van der Waals surface area contributed by atoms with Crippen LogP contribution in [0.25, 0.3) is 0 Å². The number of nitrogens with zero attached hydrogens (tertiary/aromatic N) is 3. The number of amides is 1. The SMILES string of the molecule is CC(C(=O)N(C)Cc1cccc(F)c1)N1CCN(S(=O)(=O)c2ccc3c(c2)CCC3)CC1.